The number of esters is 3. The standard InChI is InChI=1S/C99H174O16P2/c1-4-7-10-13-16-19-22-25-28-30-32-34-36-38-40-42-44-45-46-47-49-51-52-54-56-58-60-62-65-67-70-73-76-79-82-85-97(102)109-88-94(100)89-111-116(105,106)112-90-95(101)91-113-117(107,108)114-93-96(115-99(104)87-84-81-78-75-72-69-64-27-24-21-18-15-12-9-6-3)92-110-98(103)86-83-80-77-74-71-68-66-63-61-59-57-55-53-50-48-43-41-39-37-35-33-31-29-26-23-20-17-14-11-8-5-2/h9,12,16-21,25-29,32-35,38-41,64,94-96,100-101H,4-8,10-11,13-15,22-24,30-31,36-37,42-63,65-93H2,1-3H3,(H,105,106)(H,107,108)/b12-9-,19-16-,20-17-,21-18-,28-25-,29-26-,34-32-,35-33-,40-38-,41-39-,64-27-. The maximum atomic E-state index is 13.0. The van der Waals surface area contributed by atoms with Gasteiger partial charge in [-0.25, -0.2) is 9.13 Å². The van der Waals surface area contributed by atoms with Crippen LogP contribution in [-0.2, 0) is 55.8 Å². The highest BCUT2D eigenvalue weighted by atomic mass is 31.2. The Hall–Kier alpha value is -4.31. The number of hydrogen-bond acceptors (Lipinski definition) is 14. The van der Waals surface area contributed by atoms with Gasteiger partial charge >= 0.3 is 33.6 Å². The highest BCUT2D eigenvalue weighted by molar-refractivity contribution is 7.47. The van der Waals surface area contributed by atoms with Gasteiger partial charge in [0.15, 0.2) is 6.10 Å². The van der Waals surface area contributed by atoms with Crippen molar-refractivity contribution in [3.63, 3.8) is 0 Å². The normalized spacial score (nSPS) is 14.4. The van der Waals surface area contributed by atoms with Crippen LogP contribution in [0.2, 0.25) is 0 Å². The molecule has 0 aliphatic rings. The topological polar surface area (TPSA) is 231 Å². The molecule has 0 rings (SSSR count). The number of hydrogen-bond donors (Lipinski definition) is 4. The van der Waals surface area contributed by atoms with Crippen molar-refractivity contribution >= 4 is 33.6 Å². The smallest absolute Gasteiger partial charge is 0.463 e. The largest absolute Gasteiger partial charge is 0.472 e. The van der Waals surface area contributed by atoms with E-state index in [0.29, 0.717) is 19.3 Å². The lowest BCUT2D eigenvalue weighted by atomic mass is 10.0. The van der Waals surface area contributed by atoms with Gasteiger partial charge in [-0.1, -0.05) is 392 Å². The quantitative estimate of drug-likeness (QED) is 0.0146. The van der Waals surface area contributed by atoms with Crippen molar-refractivity contribution in [3.05, 3.63) is 134 Å². The van der Waals surface area contributed by atoms with E-state index in [4.69, 9.17) is 32.3 Å². The second-order valence-electron chi connectivity index (χ2n) is 31.8. The highest BCUT2D eigenvalue weighted by Crippen LogP contribution is 2.45. The minimum atomic E-state index is -4.94. The van der Waals surface area contributed by atoms with Crippen LogP contribution in [0.1, 0.15) is 419 Å². The molecule has 0 aliphatic carbocycles. The Bertz CT molecular complexity index is 2660. The monoisotopic (exact) mass is 1680 g/mol. The number of unbranched alkanes of at least 4 members (excludes halogenated alkanes) is 45. The van der Waals surface area contributed by atoms with E-state index in [9.17, 15) is 43.5 Å². The third-order valence-electron chi connectivity index (χ3n) is 20.3. The van der Waals surface area contributed by atoms with Crippen LogP contribution < -0.4 is 0 Å². The average molecular weight is 1680 g/mol. The Morgan fingerprint density at radius 2 is 0.453 bits per heavy atom. The van der Waals surface area contributed by atoms with E-state index >= 15 is 0 Å². The molecule has 676 valence electrons. The van der Waals surface area contributed by atoms with E-state index in [-0.39, 0.29) is 19.3 Å². The summed E-state index contributed by atoms with van der Waals surface area (Å²) in [5, 5.41) is 20.7. The van der Waals surface area contributed by atoms with Crippen molar-refractivity contribution in [2.24, 2.45) is 0 Å². The van der Waals surface area contributed by atoms with Crippen molar-refractivity contribution in [2.75, 3.05) is 39.6 Å². The first-order chi connectivity index (χ1) is 57.2. The molecule has 0 heterocycles. The van der Waals surface area contributed by atoms with E-state index in [2.05, 4.69) is 154 Å². The summed E-state index contributed by atoms with van der Waals surface area (Å²) in [7, 11) is -9.80. The predicted octanol–water partition coefficient (Wildman–Crippen LogP) is 29.3. The molecule has 5 atom stereocenters. The molecule has 16 nitrogen and oxygen atoms in total. The fourth-order valence-corrected chi connectivity index (χ4v) is 14.7. The van der Waals surface area contributed by atoms with Crippen LogP contribution in [0, 0.1) is 0 Å². The second kappa shape index (κ2) is 90.9. The van der Waals surface area contributed by atoms with Crippen LogP contribution in [0.15, 0.2) is 134 Å². The minimum absolute atomic E-state index is 0.0847. The molecule has 0 saturated carbocycles. The Kier molecular flexibility index (Phi) is 87.6. The second-order valence-corrected chi connectivity index (χ2v) is 34.7. The maximum Gasteiger partial charge on any atom is 0.472 e. The molecule has 0 saturated heterocycles. The minimum Gasteiger partial charge on any atom is -0.463 e. The molecule has 0 aliphatic heterocycles. The van der Waals surface area contributed by atoms with Gasteiger partial charge in [-0.05, 0) is 141 Å². The van der Waals surface area contributed by atoms with E-state index in [0.717, 1.165) is 128 Å². The summed E-state index contributed by atoms with van der Waals surface area (Å²) in [6, 6.07) is 0. The molecule has 5 unspecified atom stereocenters. The SMILES string of the molecule is CC/C=C\C/C=C\C/C=C\CCCCCCCC(=O)OC(COC(=O)CCCCCCCCCCCCCCCCC/C=C\C/C=C\C/C=C\C/C=C\CCCCC)COP(=O)(O)OCC(O)COP(=O)(O)OCC(O)COC(=O)CCCCCCCCCCCCCCCCCCCCC/C=C\C/C=C\C/C=C\C/C=C\CCCCC. The van der Waals surface area contributed by atoms with Crippen LogP contribution >= 0.6 is 15.6 Å². The van der Waals surface area contributed by atoms with Gasteiger partial charge in [-0.3, -0.25) is 32.5 Å². The lowest BCUT2D eigenvalue weighted by molar-refractivity contribution is -0.161. The van der Waals surface area contributed by atoms with Gasteiger partial charge in [-0.2, -0.15) is 0 Å². The third-order valence-corrected chi connectivity index (χ3v) is 22.2. The molecule has 4 N–H and O–H groups in total. The molecular weight excluding hydrogens is 1510 g/mol. The average Bonchev–Trinajstić information content (AvgIpc) is 0.901. The predicted molar refractivity (Wildman–Crippen MR) is 491 cm³/mol. The van der Waals surface area contributed by atoms with Crippen molar-refractivity contribution in [3.8, 4) is 0 Å². The number of phosphoric ester groups is 2. The van der Waals surface area contributed by atoms with Gasteiger partial charge in [0.05, 0.1) is 26.4 Å². The van der Waals surface area contributed by atoms with Gasteiger partial charge in [0, 0.05) is 19.3 Å². The first-order valence-corrected chi connectivity index (χ1v) is 50.5. The molecule has 0 fully saturated rings. The van der Waals surface area contributed by atoms with Crippen molar-refractivity contribution < 1.29 is 75.8 Å². The molecule has 117 heavy (non-hydrogen) atoms. The molecule has 0 aromatic carbocycles. The molecule has 18 heteroatoms. The number of phosphoric acid groups is 2. The zero-order valence-corrected chi connectivity index (χ0v) is 76.4. The molecule has 0 bridgehead atoms. The van der Waals surface area contributed by atoms with Crippen LogP contribution in [0.3, 0.4) is 0 Å². The first kappa shape index (κ1) is 113. The molecule has 0 spiro atoms. The number of aliphatic hydroxyl groups is 2. The van der Waals surface area contributed by atoms with E-state index < -0.39 is 91.5 Å². The van der Waals surface area contributed by atoms with E-state index in [1.54, 1.807) is 0 Å². The molecule has 0 aromatic rings. The summed E-state index contributed by atoms with van der Waals surface area (Å²) in [5.41, 5.74) is 0. The Balaban J connectivity index is 4.41. The number of allylic oxidation sites excluding steroid dienone is 22. The van der Waals surface area contributed by atoms with Gasteiger partial charge in [0.2, 0.25) is 0 Å². The Morgan fingerprint density at radius 3 is 0.718 bits per heavy atom. The summed E-state index contributed by atoms with van der Waals surface area (Å²) in [5.74, 6) is -1.58. The number of aliphatic hydroxyl groups excluding tert-OH is 2. The van der Waals surface area contributed by atoms with Crippen molar-refractivity contribution in [1.29, 1.82) is 0 Å². The number of carbonyl (C=O) groups is 3. The van der Waals surface area contributed by atoms with E-state index in [1.807, 2.05) is 0 Å². The fourth-order valence-electron chi connectivity index (χ4n) is 13.1. The Labute approximate surface area is 715 Å². The van der Waals surface area contributed by atoms with Crippen LogP contribution in [0.4, 0.5) is 0 Å². The zero-order chi connectivity index (χ0) is 85.1. The Morgan fingerprint density at radius 1 is 0.248 bits per heavy atom. The van der Waals surface area contributed by atoms with Crippen molar-refractivity contribution in [2.45, 2.75) is 437 Å². The van der Waals surface area contributed by atoms with Gasteiger partial charge in [-0.15, -0.1) is 0 Å². The fraction of sp³-hybridized carbons (Fsp3) is 0.747. The third kappa shape index (κ3) is 92.3. The van der Waals surface area contributed by atoms with Gasteiger partial charge in [0.1, 0.15) is 25.4 Å². The molecule has 0 aromatic heterocycles. The van der Waals surface area contributed by atoms with Crippen LogP contribution in [0.5, 0.6) is 0 Å². The molecule has 0 amide bonds. The highest BCUT2D eigenvalue weighted by Gasteiger charge is 2.30. The van der Waals surface area contributed by atoms with E-state index in [1.165, 1.54) is 231 Å². The zero-order valence-electron chi connectivity index (χ0n) is 74.6. The molecule has 0 radical (unpaired) electrons. The summed E-state index contributed by atoms with van der Waals surface area (Å²) >= 11 is 0. The van der Waals surface area contributed by atoms with Crippen LogP contribution in [0.25, 0.3) is 0 Å². The van der Waals surface area contributed by atoms with Gasteiger partial charge in [0.25, 0.3) is 0 Å². The van der Waals surface area contributed by atoms with Gasteiger partial charge < -0.3 is 34.2 Å². The summed E-state index contributed by atoms with van der Waals surface area (Å²) in [6.45, 7) is 2.55. The number of carbonyl (C=O) groups excluding carboxylic acids is 3. The maximum absolute atomic E-state index is 13.0. The molecular formula is C99H174O16P2. The van der Waals surface area contributed by atoms with Crippen molar-refractivity contribution in [1.82, 2.24) is 0 Å². The lowest BCUT2D eigenvalue weighted by Crippen LogP contribution is -2.30. The summed E-state index contributed by atoms with van der Waals surface area (Å²) < 4.78 is 61.4. The number of rotatable bonds is 90. The lowest BCUT2D eigenvalue weighted by Gasteiger charge is -2.21. The van der Waals surface area contributed by atoms with Crippen LogP contribution in [-0.4, -0.2) is 95.9 Å². The first-order valence-electron chi connectivity index (χ1n) is 47.5. The summed E-state index contributed by atoms with van der Waals surface area (Å²) in [4.78, 5) is 58.9. The number of ether oxygens (including phenoxy) is 3. The summed E-state index contributed by atoms with van der Waals surface area (Å²) in [6.07, 6.45) is 114.